The molecule has 0 bridgehead atoms. The zero-order valence-electron chi connectivity index (χ0n) is 10.8. The van der Waals surface area contributed by atoms with Crippen LogP contribution in [0.5, 0.6) is 5.75 Å². The number of hydrogen-bond acceptors (Lipinski definition) is 2. The number of methoxy groups -OCH3 is 1. The highest BCUT2D eigenvalue weighted by molar-refractivity contribution is 9.11. The maximum Gasteiger partial charge on any atom is 0.133 e. The molecule has 2 nitrogen and oxygen atoms in total. The van der Waals surface area contributed by atoms with Gasteiger partial charge in [-0.2, -0.15) is 0 Å². The van der Waals surface area contributed by atoms with Crippen molar-refractivity contribution in [3.8, 4) is 5.75 Å². The van der Waals surface area contributed by atoms with Gasteiger partial charge in [0.25, 0.3) is 0 Å². The molecular weight excluding hydrogens is 370 g/mol. The Hall–Kier alpha value is -1.000. The molecule has 4 heteroatoms. The van der Waals surface area contributed by atoms with Crippen molar-refractivity contribution in [3.05, 3.63) is 57.0 Å². The van der Waals surface area contributed by atoms with Crippen molar-refractivity contribution in [1.82, 2.24) is 0 Å². The fourth-order valence-electron chi connectivity index (χ4n) is 1.85. The number of halogens is 2. The fraction of sp³-hybridized carbons (Fsp3) is 0.200. The van der Waals surface area contributed by atoms with Crippen LogP contribution in [0.25, 0.3) is 0 Å². The molecule has 2 rings (SSSR count). The molecule has 1 atom stereocenters. The molecule has 0 aromatic heterocycles. The molecule has 0 aliphatic heterocycles. The summed E-state index contributed by atoms with van der Waals surface area (Å²) in [5.74, 6) is 0.844. The molecule has 0 fully saturated rings. The number of para-hydroxylation sites is 1. The van der Waals surface area contributed by atoms with Gasteiger partial charge in [0.2, 0.25) is 0 Å². The molecule has 2 aromatic carbocycles. The van der Waals surface area contributed by atoms with Crippen molar-refractivity contribution in [1.29, 1.82) is 0 Å². The Morgan fingerprint density at radius 2 is 1.79 bits per heavy atom. The first-order valence-corrected chi connectivity index (χ1v) is 7.55. The zero-order valence-corrected chi connectivity index (χ0v) is 14.0. The Morgan fingerprint density at radius 1 is 1.05 bits per heavy atom. The van der Waals surface area contributed by atoms with E-state index < -0.39 is 0 Å². The van der Waals surface area contributed by atoms with E-state index in [9.17, 15) is 0 Å². The third kappa shape index (κ3) is 3.51. The second-order valence-corrected chi connectivity index (χ2v) is 5.95. The van der Waals surface area contributed by atoms with Crippen molar-refractivity contribution in [2.24, 2.45) is 0 Å². The Balaban J connectivity index is 2.18. The Labute approximate surface area is 130 Å². The van der Waals surface area contributed by atoms with Crippen LogP contribution in [-0.2, 0) is 0 Å². The van der Waals surface area contributed by atoms with Crippen LogP contribution in [0.4, 0.5) is 5.69 Å². The Morgan fingerprint density at radius 3 is 2.42 bits per heavy atom. The van der Waals surface area contributed by atoms with Crippen molar-refractivity contribution < 1.29 is 4.74 Å². The first kappa shape index (κ1) is 14.4. The largest absolute Gasteiger partial charge is 0.496 e. The van der Waals surface area contributed by atoms with Crippen LogP contribution >= 0.6 is 31.9 Å². The van der Waals surface area contributed by atoms with E-state index in [-0.39, 0.29) is 6.04 Å². The van der Waals surface area contributed by atoms with Gasteiger partial charge in [-0.05, 0) is 68.6 Å². The summed E-state index contributed by atoms with van der Waals surface area (Å²) in [5.41, 5.74) is 2.28. The standard InChI is InChI=1S/C15H15Br2NO/c1-10(18-14-6-4-3-5-12(14)16)11-7-8-15(19-2)13(17)9-11/h3-10,18H,1-2H3. The van der Waals surface area contributed by atoms with Gasteiger partial charge in [0.05, 0.1) is 11.6 Å². The highest BCUT2D eigenvalue weighted by Crippen LogP contribution is 2.30. The van der Waals surface area contributed by atoms with E-state index in [4.69, 9.17) is 4.74 Å². The lowest BCUT2D eigenvalue weighted by molar-refractivity contribution is 0.412. The third-order valence-corrected chi connectivity index (χ3v) is 4.23. The molecule has 100 valence electrons. The molecule has 19 heavy (non-hydrogen) atoms. The van der Waals surface area contributed by atoms with E-state index >= 15 is 0 Å². The molecule has 2 aromatic rings. The number of hydrogen-bond donors (Lipinski definition) is 1. The molecular formula is C15H15Br2NO. The summed E-state index contributed by atoms with van der Waals surface area (Å²) in [6.45, 7) is 2.13. The Bertz CT molecular complexity index is 572. The number of nitrogens with one attached hydrogen (secondary N) is 1. The maximum absolute atomic E-state index is 5.24. The van der Waals surface area contributed by atoms with E-state index in [0.29, 0.717) is 0 Å². The SMILES string of the molecule is COc1ccc(C(C)Nc2ccccc2Br)cc1Br. The minimum atomic E-state index is 0.209. The molecule has 0 radical (unpaired) electrons. The first-order valence-electron chi connectivity index (χ1n) is 5.96. The van der Waals surface area contributed by atoms with Gasteiger partial charge >= 0.3 is 0 Å². The molecule has 0 saturated heterocycles. The van der Waals surface area contributed by atoms with Gasteiger partial charge in [-0.3, -0.25) is 0 Å². The summed E-state index contributed by atoms with van der Waals surface area (Å²) in [6.07, 6.45) is 0. The lowest BCUT2D eigenvalue weighted by Gasteiger charge is -2.17. The highest BCUT2D eigenvalue weighted by Gasteiger charge is 2.09. The van der Waals surface area contributed by atoms with Crippen molar-refractivity contribution in [2.45, 2.75) is 13.0 Å². The predicted octanol–water partition coefficient (Wildman–Crippen LogP) is 5.39. The molecule has 0 saturated carbocycles. The summed E-state index contributed by atoms with van der Waals surface area (Å²) in [6, 6.07) is 14.4. The summed E-state index contributed by atoms with van der Waals surface area (Å²) in [4.78, 5) is 0. The predicted molar refractivity (Wildman–Crippen MR) is 86.9 cm³/mol. The molecule has 0 spiro atoms. The second-order valence-electron chi connectivity index (χ2n) is 4.24. The average Bonchev–Trinajstić information content (AvgIpc) is 2.41. The monoisotopic (exact) mass is 383 g/mol. The molecule has 1 N–H and O–H groups in total. The van der Waals surface area contributed by atoms with Crippen LogP contribution in [0.1, 0.15) is 18.5 Å². The zero-order chi connectivity index (χ0) is 13.8. The van der Waals surface area contributed by atoms with Gasteiger partial charge in [-0.15, -0.1) is 0 Å². The first-order chi connectivity index (χ1) is 9.11. The summed E-state index contributed by atoms with van der Waals surface area (Å²) in [5, 5.41) is 3.48. The topological polar surface area (TPSA) is 21.3 Å². The quantitative estimate of drug-likeness (QED) is 0.762. The minimum absolute atomic E-state index is 0.209. The molecule has 0 amide bonds. The normalized spacial score (nSPS) is 12.0. The second kappa shape index (κ2) is 6.44. The molecule has 0 heterocycles. The Kier molecular flexibility index (Phi) is 4.88. The fourth-order valence-corrected chi connectivity index (χ4v) is 2.80. The highest BCUT2D eigenvalue weighted by atomic mass is 79.9. The van der Waals surface area contributed by atoms with Gasteiger partial charge in [0.1, 0.15) is 5.75 Å². The van der Waals surface area contributed by atoms with Gasteiger partial charge in [-0.25, -0.2) is 0 Å². The van der Waals surface area contributed by atoms with Crippen LogP contribution in [0.3, 0.4) is 0 Å². The maximum atomic E-state index is 5.24. The average molecular weight is 385 g/mol. The van der Waals surface area contributed by atoms with Gasteiger partial charge in [0.15, 0.2) is 0 Å². The summed E-state index contributed by atoms with van der Waals surface area (Å²) in [7, 11) is 1.67. The third-order valence-electron chi connectivity index (χ3n) is 2.92. The van der Waals surface area contributed by atoms with E-state index in [1.54, 1.807) is 7.11 Å². The molecule has 1 unspecified atom stereocenters. The van der Waals surface area contributed by atoms with E-state index in [1.807, 2.05) is 24.3 Å². The lowest BCUT2D eigenvalue weighted by Crippen LogP contribution is -2.07. The van der Waals surface area contributed by atoms with Crippen LogP contribution in [0, 0.1) is 0 Å². The minimum Gasteiger partial charge on any atom is -0.496 e. The van der Waals surface area contributed by atoms with Crippen molar-refractivity contribution in [2.75, 3.05) is 12.4 Å². The number of ether oxygens (including phenoxy) is 1. The lowest BCUT2D eigenvalue weighted by atomic mass is 10.1. The van der Waals surface area contributed by atoms with Gasteiger partial charge in [-0.1, -0.05) is 18.2 Å². The van der Waals surface area contributed by atoms with Crippen LogP contribution in [0.15, 0.2) is 51.4 Å². The van der Waals surface area contributed by atoms with E-state index in [0.717, 1.165) is 20.4 Å². The van der Waals surface area contributed by atoms with Gasteiger partial charge < -0.3 is 10.1 Å². The smallest absolute Gasteiger partial charge is 0.133 e. The number of rotatable bonds is 4. The molecule has 0 aliphatic rings. The van der Waals surface area contributed by atoms with Crippen molar-refractivity contribution in [3.63, 3.8) is 0 Å². The van der Waals surface area contributed by atoms with Crippen LogP contribution in [-0.4, -0.2) is 7.11 Å². The van der Waals surface area contributed by atoms with E-state index in [1.165, 1.54) is 5.56 Å². The van der Waals surface area contributed by atoms with Gasteiger partial charge in [0, 0.05) is 16.2 Å². The van der Waals surface area contributed by atoms with E-state index in [2.05, 4.69) is 62.3 Å². The summed E-state index contributed by atoms with van der Waals surface area (Å²) < 4.78 is 7.27. The van der Waals surface area contributed by atoms with Crippen LogP contribution in [0.2, 0.25) is 0 Å². The van der Waals surface area contributed by atoms with Crippen molar-refractivity contribution >= 4 is 37.5 Å². The number of anilines is 1. The summed E-state index contributed by atoms with van der Waals surface area (Å²) >= 11 is 7.06. The van der Waals surface area contributed by atoms with Crippen LogP contribution < -0.4 is 10.1 Å². The number of benzene rings is 2. The molecule has 0 aliphatic carbocycles.